The van der Waals surface area contributed by atoms with Crippen molar-refractivity contribution in [2.45, 2.75) is 245 Å². The third-order valence-corrected chi connectivity index (χ3v) is 11.8. The molecule has 0 bridgehead atoms. The average molecular weight is 943 g/mol. The standard InChI is InChI=1S/C58H103NO8/c1-6-8-10-12-14-16-18-20-21-22-23-24-25-26-27-28-29-30-31-32-33-34-35-37-38-40-42-44-46-48-55(60)65-52-54(53-66-58(57(62)63)64-51-50-59(3,4)5)67-56(61)49-47-45-43-41-39-36-19-17-15-13-11-9-7-2/h9,11,15,17,22-23,36,39,43,45,54,58H,6-8,10,12-14,16,18-21,24-35,37-38,40-42,44,46-53H2,1-5H3/p+1/b11-9-,17-15-,23-22-,39-36-,45-43-. The number of rotatable bonds is 50. The number of carbonyl (C=O) groups is 3. The van der Waals surface area contributed by atoms with Crippen LogP contribution >= 0.6 is 0 Å². The maximum atomic E-state index is 12.7. The first-order valence-corrected chi connectivity index (χ1v) is 27.5. The van der Waals surface area contributed by atoms with Gasteiger partial charge in [-0.3, -0.25) is 9.59 Å². The van der Waals surface area contributed by atoms with E-state index in [1.807, 2.05) is 33.3 Å². The zero-order valence-electron chi connectivity index (χ0n) is 44.1. The molecule has 9 heteroatoms. The number of carboxylic acid groups (broad SMARTS) is 1. The lowest BCUT2D eigenvalue weighted by Gasteiger charge is -2.25. The van der Waals surface area contributed by atoms with E-state index in [4.69, 9.17) is 18.9 Å². The largest absolute Gasteiger partial charge is 0.477 e. The quantitative estimate of drug-likeness (QED) is 0.0211. The summed E-state index contributed by atoms with van der Waals surface area (Å²) in [6, 6.07) is 0. The van der Waals surface area contributed by atoms with Gasteiger partial charge >= 0.3 is 17.9 Å². The van der Waals surface area contributed by atoms with E-state index in [2.05, 4.69) is 62.5 Å². The summed E-state index contributed by atoms with van der Waals surface area (Å²) in [7, 11) is 5.94. The Morgan fingerprint density at radius 2 is 0.881 bits per heavy atom. The first-order chi connectivity index (χ1) is 32.6. The molecule has 2 atom stereocenters. The number of nitrogens with zero attached hydrogens (tertiary/aromatic N) is 1. The van der Waals surface area contributed by atoms with Gasteiger partial charge in [0.05, 0.1) is 34.4 Å². The van der Waals surface area contributed by atoms with Crippen LogP contribution in [0.2, 0.25) is 0 Å². The predicted molar refractivity (Wildman–Crippen MR) is 281 cm³/mol. The molecule has 0 aliphatic rings. The molecule has 0 heterocycles. The number of carbonyl (C=O) groups excluding carboxylic acids is 2. The fraction of sp³-hybridized carbons (Fsp3) is 0.776. The Bertz CT molecular complexity index is 1280. The molecule has 0 aromatic rings. The van der Waals surface area contributed by atoms with Gasteiger partial charge in [0.25, 0.3) is 6.29 Å². The number of hydrogen-bond donors (Lipinski definition) is 1. The topological polar surface area (TPSA) is 108 Å². The fourth-order valence-corrected chi connectivity index (χ4v) is 7.55. The number of likely N-dealkylation sites (N-methyl/N-ethyl adjacent to an activating group) is 1. The summed E-state index contributed by atoms with van der Waals surface area (Å²) in [5.41, 5.74) is 0. The number of ether oxygens (including phenoxy) is 4. The van der Waals surface area contributed by atoms with Crippen molar-refractivity contribution in [2.24, 2.45) is 0 Å². The van der Waals surface area contributed by atoms with Crippen LogP contribution in [0.15, 0.2) is 60.8 Å². The van der Waals surface area contributed by atoms with Gasteiger partial charge in [-0.25, -0.2) is 4.79 Å². The summed E-state index contributed by atoms with van der Waals surface area (Å²) in [5, 5.41) is 9.66. The molecule has 0 saturated carbocycles. The second kappa shape index (κ2) is 49.4. The van der Waals surface area contributed by atoms with E-state index in [1.165, 1.54) is 154 Å². The number of aliphatic carboxylic acids is 1. The predicted octanol–water partition coefficient (Wildman–Crippen LogP) is 15.7. The van der Waals surface area contributed by atoms with Crippen molar-refractivity contribution in [1.82, 2.24) is 0 Å². The summed E-state index contributed by atoms with van der Waals surface area (Å²) in [5.74, 6) is -2.11. The summed E-state index contributed by atoms with van der Waals surface area (Å²) >= 11 is 0. The van der Waals surface area contributed by atoms with Crippen LogP contribution < -0.4 is 0 Å². The van der Waals surface area contributed by atoms with Crippen LogP contribution in [0, 0.1) is 0 Å². The number of hydrogen-bond acceptors (Lipinski definition) is 7. The smallest absolute Gasteiger partial charge is 0.361 e. The van der Waals surface area contributed by atoms with Crippen LogP contribution in [-0.2, 0) is 33.3 Å². The number of quaternary nitrogens is 1. The highest BCUT2D eigenvalue weighted by Crippen LogP contribution is 2.16. The Morgan fingerprint density at radius 3 is 1.33 bits per heavy atom. The van der Waals surface area contributed by atoms with Crippen molar-refractivity contribution in [3.05, 3.63) is 60.8 Å². The molecular weight excluding hydrogens is 839 g/mol. The highest BCUT2D eigenvalue weighted by Gasteiger charge is 2.25. The number of esters is 2. The minimum atomic E-state index is -1.53. The summed E-state index contributed by atoms with van der Waals surface area (Å²) in [6.07, 6.45) is 59.1. The molecule has 0 fully saturated rings. The molecule has 0 saturated heterocycles. The molecule has 0 aliphatic heterocycles. The van der Waals surface area contributed by atoms with Gasteiger partial charge in [0.1, 0.15) is 13.2 Å². The number of unbranched alkanes of at least 4 members (excludes halogenated alkanes) is 25. The third-order valence-electron chi connectivity index (χ3n) is 11.8. The minimum absolute atomic E-state index is 0.138. The van der Waals surface area contributed by atoms with E-state index in [1.54, 1.807) is 0 Å². The zero-order chi connectivity index (χ0) is 49.2. The summed E-state index contributed by atoms with van der Waals surface area (Å²) in [4.78, 5) is 37.2. The van der Waals surface area contributed by atoms with Gasteiger partial charge in [0, 0.05) is 12.8 Å². The van der Waals surface area contributed by atoms with E-state index in [9.17, 15) is 19.5 Å². The molecule has 2 unspecified atom stereocenters. The molecule has 0 radical (unpaired) electrons. The minimum Gasteiger partial charge on any atom is -0.477 e. The molecule has 0 aromatic carbocycles. The Morgan fingerprint density at radius 1 is 0.463 bits per heavy atom. The van der Waals surface area contributed by atoms with E-state index in [0.717, 1.165) is 44.9 Å². The maximum absolute atomic E-state index is 12.7. The van der Waals surface area contributed by atoms with Gasteiger partial charge in [0.2, 0.25) is 0 Å². The Kier molecular flexibility index (Phi) is 47.2. The lowest BCUT2D eigenvalue weighted by Crippen LogP contribution is -2.40. The van der Waals surface area contributed by atoms with Crippen molar-refractivity contribution in [1.29, 1.82) is 0 Å². The molecule has 388 valence electrons. The Labute approximate surface area is 412 Å². The first kappa shape index (κ1) is 64.0. The van der Waals surface area contributed by atoms with Crippen molar-refractivity contribution in [3.8, 4) is 0 Å². The Hall–Kier alpha value is -3.01. The zero-order valence-corrected chi connectivity index (χ0v) is 44.1. The van der Waals surface area contributed by atoms with Crippen LogP contribution in [0.4, 0.5) is 0 Å². The molecule has 1 N–H and O–H groups in total. The van der Waals surface area contributed by atoms with Crippen molar-refractivity contribution in [2.75, 3.05) is 47.5 Å². The van der Waals surface area contributed by atoms with E-state index >= 15 is 0 Å². The average Bonchev–Trinajstić information content (AvgIpc) is 3.29. The van der Waals surface area contributed by atoms with Gasteiger partial charge < -0.3 is 28.5 Å². The lowest BCUT2D eigenvalue weighted by atomic mass is 10.0. The number of allylic oxidation sites excluding steroid dienone is 10. The monoisotopic (exact) mass is 943 g/mol. The Balaban J connectivity index is 4.16. The molecule has 0 aromatic heterocycles. The van der Waals surface area contributed by atoms with Gasteiger partial charge in [-0.1, -0.05) is 216 Å². The molecule has 9 nitrogen and oxygen atoms in total. The highest BCUT2D eigenvalue weighted by molar-refractivity contribution is 5.71. The summed E-state index contributed by atoms with van der Waals surface area (Å²) in [6.45, 7) is 4.68. The number of carboxylic acids is 1. The van der Waals surface area contributed by atoms with E-state index < -0.39 is 24.3 Å². The van der Waals surface area contributed by atoms with Crippen LogP contribution in [0.1, 0.15) is 232 Å². The SMILES string of the molecule is CC/C=C\C/C=C\C/C=C\C/C=C\CCC(=O)OC(COC(=O)CCCCCCCCCCCCCCCCCCC/C=C\CCCCCCCCCC)COC(OCC[N+](C)(C)C)C(=O)O. The van der Waals surface area contributed by atoms with Crippen molar-refractivity contribution in [3.63, 3.8) is 0 Å². The fourth-order valence-electron chi connectivity index (χ4n) is 7.55. The lowest BCUT2D eigenvalue weighted by molar-refractivity contribution is -0.870. The van der Waals surface area contributed by atoms with E-state index in [-0.39, 0.29) is 38.6 Å². The van der Waals surface area contributed by atoms with Crippen LogP contribution in [0.25, 0.3) is 0 Å². The van der Waals surface area contributed by atoms with Gasteiger partial charge in [-0.05, 0) is 64.2 Å². The van der Waals surface area contributed by atoms with Crippen LogP contribution in [-0.4, -0.2) is 87.4 Å². The molecule has 0 aliphatic carbocycles. The third kappa shape index (κ3) is 50.7. The van der Waals surface area contributed by atoms with Crippen molar-refractivity contribution >= 4 is 17.9 Å². The molecule has 0 amide bonds. The van der Waals surface area contributed by atoms with E-state index in [0.29, 0.717) is 17.4 Å². The van der Waals surface area contributed by atoms with Crippen LogP contribution in [0.3, 0.4) is 0 Å². The molecule has 0 rings (SSSR count). The van der Waals surface area contributed by atoms with Crippen LogP contribution in [0.5, 0.6) is 0 Å². The molecule has 0 spiro atoms. The highest BCUT2D eigenvalue weighted by atomic mass is 16.7. The second-order valence-corrected chi connectivity index (χ2v) is 19.5. The second-order valence-electron chi connectivity index (χ2n) is 19.5. The molecule has 67 heavy (non-hydrogen) atoms. The first-order valence-electron chi connectivity index (χ1n) is 27.5. The normalized spacial score (nSPS) is 13.3. The van der Waals surface area contributed by atoms with Gasteiger partial charge in [-0.2, -0.15) is 0 Å². The summed E-state index contributed by atoms with van der Waals surface area (Å²) < 4.78 is 22.7. The maximum Gasteiger partial charge on any atom is 0.361 e. The van der Waals surface area contributed by atoms with Gasteiger partial charge in [0.15, 0.2) is 6.10 Å². The van der Waals surface area contributed by atoms with Gasteiger partial charge in [-0.15, -0.1) is 0 Å². The molecular formula is C58H104NO8+. The van der Waals surface area contributed by atoms with Crippen molar-refractivity contribution < 1.29 is 42.9 Å².